The van der Waals surface area contributed by atoms with Gasteiger partial charge < -0.3 is 20.4 Å². The minimum Gasteiger partial charge on any atom is -0.324 e. The molecule has 2 aromatic rings. The number of para-hydroxylation sites is 4. The van der Waals surface area contributed by atoms with Gasteiger partial charge in [-0.3, -0.25) is 19.2 Å². The van der Waals surface area contributed by atoms with Crippen LogP contribution in [0.3, 0.4) is 0 Å². The molecule has 0 saturated heterocycles. The molecule has 2 aliphatic heterocycles. The fraction of sp³-hybridized carbons (Fsp3) is 0.304. The van der Waals surface area contributed by atoms with Crippen molar-refractivity contribution in [3.63, 3.8) is 0 Å². The summed E-state index contributed by atoms with van der Waals surface area (Å²) in [5, 5.41) is 5.63. The Labute approximate surface area is 180 Å². The van der Waals surface area contributed by atoms with Crippen molar-refractivity contribution >= 4 is 46.4 Å². The van der Waals surface area contributed by atoms with E-state index in [1.807, 2.05) is 0 Å². The monoisotopic (exact) mass is 420 g/mol. The van der Waals surface area contributed by atoms with Crippen LogP contribution in [0, 0.1) is 0 Å². The highest BCUT2D eigenvalue weighted by Crippen LogP contribution is 2.34. The maximum Gasteiger partial charge on any atom is 0.236 e. The van der Waals surface area contributed by atoms with E-state index in [-0.39, 0.29) is 31.1 Å². The van der Waals surface area contributed by atoms with E-state index >= 15 is 0 Å². The van der Waals surface area contributed by atoms with E-state index in [0.29, 0.717) is 22.7 Å². The molecule has 2 atom stereocenters. The smallest absolute Gasteiger partial charge is 0.236 e. The second-order valence-electron chi connectivity index (χ2n) is 7.94. The molecule has 8 heteroatoms. The highest BCUT2D eigenvalue weighted by atomic mass is 16.2. The van der Waals surface area contributed by atoms with Crippen molar-refractivity contribution in [1.82, 2.24) is 0 Å². The normalized spacial score (nSPS) is 20.6. The van der Waals surface area contributed by atoms with E-state index in [2.05, 4.69) is 10.6 Å². The zero-order chi connectivity index (χ0) is 22.1. The fourth-order valence-electron chi connectivity index (χ4n) is 4.24. The molecular weight excluding hydrogens is 396 g/mol. The maximum absolute atomic E-state index is 13.3. The summed E-state index contributed by atoms with van der Waals surface area (Å²) in [7, 11) is 0. The number of hydrogen-bond acceptors (Lipinski definition) is 4. The van der Waals surface area contributed by atoms with Crippen LogP contribution in [0.4, 0.5) is 22.7 Å². The van der Waals surface area contributed by atoms with E-state index in [4.69, 9.17) is 0 Å². The van der Waals surface area contributed by atoms with Crippen molar-refractivity contribution in [3.05, 3.63) is 48.5 Å². The Morgan fingerprint density at radius 3 is 1.58 bits per heavy atom. The number of fused-ring (bicyclic) bond motifs is 2. The molecule has 0 bridgehead atoms. The SMILES string of the molecule is CC1CC(=O)Nc2ccccc2N1C(=O)CC(=O)N1c2ccccc2NC(=O)CC1C. The van der Waals surface area contributed by atoms with Gasteiger partial charge in [0.05, 0.1) is 22.7 Å². The first-order valence-electron chi connectivity index (χ1n) is 10.3. The van der Waals surface area contributed by atoms with Crippen molar-refractivity contribution in [2.24, 2.45) is 0 Å². The predicted octanol–water partition coefficient (Wildman–Crippen LogP) is 2.90. The van der Waals surface area contributed by atoms with Gasteiger partial charge in [0, 0.05) is 24.9 Å². The molecule has 0 saturated carbocycles. The number of nitrogens with one attached hydrogen (secondary N) is 2. The summed E-state index contributed by atoms with van der Waals surface area (Å²) in [4.78, 5) is 54.0. The molecule has 4 amide bonds. The van der Waals surface area contributed by atoms with Crippen LogP contribution in [0.1, 0.15) is 33.1 Å². The van der Waals surface area contributed by atoms with Crippen molar-refractivity contribution in [2.45, 2.75) is 45.2 Å². The van der Waals surface area contributed by atoms with Gasteiger partial charge in [-0.15, -0.1) is 0 Å². The van der Waals surface area contributed by atoms with Gasteiger partial charge in [0.2, 0.25) is 23.6 Å². The molecule has 4 rings (SSSR count). The van der Waals surface area contributed by atoms with Gasteiger partial charge in [-0.1, -0.05) is 24.3 Å². The molecular formula is C23H24N4O4. The number of nitrogens with zero attached hydrogens (tertiary/aromatic N) is 2. The second kappa shape index (κ2) is 8.22. The molecule has 0 radical (unpaired) electrons. The molecule has 2 heterocycles. The van der Waals surface area contributed by atoms with Crippen molar-refractivity contribution in [1.29, 1.82) is 0 Å². The summed E-state index contributed by atoms with van der Waals surface area (Å²) < 4.78 is 0. The topological polar surface area (TPSA) is 98.8 Å². The Balaban J connectivity index is 1.63. The lowest BCUT2D eigenvalue weighted by atomic mass is 10.1. The van der Waals surface area contributed by atoms with Crippen LogP contribution in [-0.4, -0.2) is 35.7 Å². The van der Waals surface area contributed by atoms with E-state index < -0.39 is 23.9 Å². The molecule has 8 nitrogen and oxygen atoms in total. The van der Waals surface area contributed by atoms with E-state index in [0.717, 1.165) is 0 Å². The third kappa shape index (κ3) is 4.01. The highest BCUT2D eigenvalue weighted by molar-refractivity contribution is 6.14. The van der Waals surface area contributed by atoms with Gasteiger partial charge in [-0.05, 0) is 38.1 Å². The number of anilines is 4. The average molecular weight is 420 g/mol. The number of hydrogen-bond donors (Lipinski definition) is 2. The lowest BCUT2D eigenvalue weighted by Gasteiger charge is -2.31. The summed E-state index contributed by atoms with van der Waals surface area (Å²) in [5.74, 6) is -1.15. The largest absolute Gasteiger partial charge is 0.324 e. The Kier molecular flexibility index (Phi) is 5.46. The van der Waals surface area contributed by atoms with Gasteiger partial charge in [-0.25, -0.2) is 0 Å². The van der Waals surface area contributed by atoms with Crippen LogP contribution in [0.2, 0.25) is 0 Å². The highest BCUT2D eigenvalue weighted by Gasteiger charge is 2.34. The molecule has 0 fully saturated rings. The molecule has 0 spiro atoms. The Morgan fingerprint density at radius 2 is 1.16 bits per heavy atom. The zero-order valence-corrected chi connectivity index (χ0v) is 17.4. The van der Waals surface area contributed by atoms with Gasteiger partial charge in [0.15, 0.2) is 0 Å². The molecule has 0 aromatic heterocycles. The number of rotatable bonds is 2. The zero-order valence-electron chi connectivity index (χ0n) is 17.4. The molecule has 160 valence electrons. The van der Waals surface area contributed by atoms with E-state index in [1.165, 1.54) is 9.80 Å². The van der Waals surface area contributed by atoms with Crippen molar-refractivity contribution < 1.29 is 19.2 Å². The Morgan fingerprint density at radius 1 is 0.774 bits per heavy atom. The quantitative estimate of drug-likeness (QED) is 0.730. The first kappa shape index (κ1) is 20.6. The Hall–Kier alpha value is -3.68. The van der Waals surface area contributed by atoms with Crippen LogP contribution in [-0.2, 0) is 19.2 Å². The van der Waals surface area contributed by atoms with Gasteiger partial charge in [0.1, 0.15) is 6.42 Å². The predicted molar refractivity (Wildman–Crippen MR) is 118 cm³/mol. The lowest BCUT2D eigenvalue weighted by Crippen LogP contribution is -2.45. The third-order valence-electron chi connectivity index (χ3n) is 5.56. The van der Waals surface area contributed by atoms with Crippen molar-refractivity contribution in [2.75, 3.05) is 20.4 Å². The van der Waals surface area contributed by atoms with Crippen LogP contribution in [0.15, 0.2) is 48.5 Å². The first-order chi connectivity index (χ1) is 14.8. The summed E-state index contributed by atoms with van der Waals surface area (Å²) >= 11 is 0. The molecule has 31 heavy (non-hydrogen) atoms. The fourth-order valence-corrected chi connectivity index (χ4v) is 4.24. The molecule has 2 aliphatic rings. The molecule has 2 aromatic carbocycles. The minimum absolute atomic E-state index is 0.135. The van der Waals surface area contributed by atoms with Crippen LogP contribution in [0.5, 0.6) is 0 Å². The van der Waals surface area contributed by atoms with Gasteiger partial charge in [0.25, 0.3) is 0 Å². The van der Waals surface area contributed by atoms with Gasteiger partial charge >= 0.3 is 0 Å². The third-order valence-corrected chi connectivity index (χ3v) is 5.56. The summed E-state index contributed by atoms with van der Waals surface area (Å²) in [6.07, 6.45) is -0.105. The lowest BCUT2D eigenvalue weighted by molar-refractivity contribution is -0.126. The van der Waals surface area contributed by atoms with Crippen LogP contribution < -0.4 is 20.4 Å². The molecule has 2 unspecified atom stereocenters. The van der Waals surface area contributed by atoms with Gasteiger partial charge in [-0.2, -0.15) is 0 Å². The first-order valence-corrected chi connectivity index (χ1v) is 10.3. The second-order valence-corrected chi connectivity index (χ2v) is 7.94. The number of benzene rings is 2. The summed E-state index contributed by atoms with van der Waals surface area (Å²) in [5.41, 5.74) is 2.22. The maximum atomic E-state index is 13.3. The summed E-state index contributed by atoms with van der Waals surface area (Å²) in [6.45, 7) is 3.58. The Bertz CT molecular complexity index is 984. The minimum atomic E-state index is -0.402. The number of carbonyl (C=O) groups is 4. The van der Waals surface area contributed by atoms with Crippen LogP contribution >= 0.6 is 0 Å². The van der Waals surface area contributed by atoms with Crippen molar-refractivity contribution in [3.8, 4) is 0 Å². The van der Waals surface area contributed by atoms with E-state index in [1.54, 1.807) is 62.4 Å². The molecule has 0 aliphatic carbocycles. The average Bonchev–Trinajstić information content (AvgIpc) is 2.91. The van der Waals surface area contributed by atoms with Crippen LogP contribution in [0.25, 0.3) is 0 Å². The summed E-state index contributed by atoms with van der Waals surface area (Å²) in [6, 6.07) is 13.3. The molecule has 2 N–H and O–H groups in total. The van der Waals surface area contributed by atoms with E-state index in [9.17, 15) is 19.2 Å². The number of carbonyl (C=O) groups excluding carboxylic acids is 4. The number of amides is 4. The standard InChI is InChI=1S/C23H24N4O4/c1-14-11-20(28)24-16-7-3-5-9-18(16)26(14)22(30)13-23(31)27-15(2)12-21(29)25-17-8-4-6-10-19(17)27/h3-10,14-15H,11-13H2,1-2H3,(H,24,28)(H,25,29).